The van der Waals surface area contributed by atoms with Gasteiger partial charge in [0.25, 0.3) is 6.71 Å². The smallest absolute Gasteiger partial charge is 0.264 e. The number of anilines is 6. The second-order valence-corrected chi connectivity index (χ2v) is 22.3. The van der Waals surface area contributed by atoms with Crippen LogP contribution in [0, 0.1) is 20.8 Å². The predicted octanol–water partition coefficient (Wildman–Crippen LogP) is 15.4. The van der Waals surface area contributed by atoms with E-state index in [2.05, 4.69) is 260 Å². The van der Waals surface area contributed by atoms with Crippen LogP contribution in [-0.2, 0) is 10.8 Å². The monoisotopic (exact) mass is 944 g/mol. The van der Waals surface area contributed by atoms with Crippen LogP contribution < -0.4 is 25.5 Å². The number of hydrogen-bond acceptors (Lipinski definition) is 3. The van der Waals surface area contributed by atoms with E-state index in [0.717, 1.165) is 5.69 Å². The molecule has 10 aromatic carbocycles. The van der Waals surface area contributed by atoms with Crippen LogP contribution in [0.15, 0.2) is 218 Å². The molecule has 0 fully saturated rings. The van der Waals surface area contributed by atoms with Gasteiger partial charge in [0.15, 0.2) is 0 Å². The molecule has 1 aromatic heterocycles. The summed E-state index contributed by atoms with van der Waals surface area (Å²) in [5, 5.41) is 0. The lowest BCUT2D eigenvalue weighted by atomic mass is 9.35. The summed E-state index contributed by atoms with van der Waals surface area (Å²) in [7, 11) is 0. The third-order valence-corrected chi connectivity index (χ3v) is 19.0. The van der Waals surface area contributed by atoms with Crippen LogP contribution >= 0.6 is 11.3 Å². The molecular formula is C69H45BN2S. The quantitative estimate of drug-likeness (QED) is 0.159. The minimum absolute atomic E-state index is 0.0661. The van der Waals surface area contributed by atoms with Gasteiger partial charge in [0, 0.05) is 43.7 Å². The Morgan fingerprint density at radius 2 is 0.836 bits per heavy atom. The molecule has 11 aromatic rings. The van der Waals surface area contributed by atoms with Crippen molar-refractivity contribution in [2.45, 2.75) is 31.6 Å². The second-order valence-electron chi connectivity index (χ2n) is 21.2. The largest absolute Gasteiger partial charge is 0.311 e. The van der Waals surface area contributed by atoms with Gasteiger partial charge >= 0.3 is 0 Å². The molecule has 0 saturated heterocycles. The lowest BCUT2D eigenvalue weighted by Gasteiger charge is -2.44. The molecule has 17 rings (SSSR count). The molecule has 2 nitrogen and oxygen atoms in total. The molecule has 0 radical (unpaired) electrons. The molecule has 0 bridgehead atoms. The Labute approximate surface area is 430 Å². The summed E-state index contributed by atoms with van der Waals surface area (Å²) < 4.78 is 1.40. The Kier molecular flexibility index (Phi) is 7.68. The molecular weight excluding hydrogens is 900 g/mol. The van der Waals surface area contributed by atoms with Crippen molar-refractivity contribution in [2.24, 2.45) is 0 Å². The molecule has 0 amide bonds. The van der Waals surface area contributed by atoms with Crippen molar-refractivity contribution in [2.75, 3.05) is 9.80 Å². The van der Waals surface area contributed by atoms with Crippen LogP contribution in [0.2, 0.25) is 0 Å². The first-order valence-electron chi connectivity index (χ1n) is 25.8. The molecule has 4 heteroatoms. The third kappa shape index (κ3) is 4.74. The SMILES string of the molecule is Cc1ccc(N2c3cc(C)cc4c3B(c3cc5c(cc3N4c3ccccc3)-c3ccccc3C53c4ccccc4-c4ccccc43)c3sc4c(c32)-c2ccc(C)cc2C42c3ccccc3-c3ccccc32)cc1. The molecule has 2 aliphatic heterocycles. The standard InChI is InChI=1S/C69H45BN2S/c1-40-29-32-44(33-30-40)72-62-37-42(3)36-61-64(62)70(67-65(72)63-50-34-31-41(2)35-57(50)69(66(63)73-67)55-27-15-9-21-47(55)48-22-10-16-28-56(48)69)59-39-58-51(38-60(59)71(61)43-17-5-4-6-18-43)49-23-11-14-26-54(49)68(58)52-24-12-7-19-45(52)46-20-8-13-25-53(46)68/h4-39H,1-3H3. The molecule has 340 valence electrons. The fourth-order valence-electron chi connectivity index (χ4n) is 14.9. The topological polar surface area (TPSA) is 6.48 Å². The molecule has 2 spiro atoms. The van der Waals surface area contributed by atoms with E-state index >= 15 is 0 Å². The first-order chi connectivity index (χ1) is 36.0. The number of hydrogen-bond donors (Lipinski definition) is 0. The third-order valence-electron chi connectivity index (χ3n) is 17.6. The Morgan fingerprint density at radius 1 is 0.356 bits per heavy atom. The van der Waals surface area contributed by atoms with Gasteiger partial charge in [-0.3, -0.25) is 0 Å². The van der Waals surface area contributed by atoms with E-state index in [9.17, 15) is 0 Å². The number of fused-ring (bicyclic) bond motifs is 25. The van der Waals surface area contributed by atoms with Crippen LogP contribution in [0.4, 0.5) is 34.1 Å². The molecule has 3 heterocycles. The van der Waals surface area contributed by atoms with Crippen molar-refractivity contribution in [3.05, 3.63) is 279 Å². The summed E-state index contributed by atoms with van der Waals surface area (Å²) in [6, 6.07) is 84.3. The predicted molar refractivity (Wildman–Crippen MR) is 305 cm³/mol. The van der Waals surface area contributed by atoms with Gasteiger partial charge in [0.2, 0.25) is 0 Å². The van der Waals surface area contributed by atoms with Crippen LogP contribution in [-0.4, -0.2) is 6.71 Å². The van der Waals surface area contributed by atoms with E-state index < -0.39 is 10.8 Å². The maximum Gasteiger partial charge on any atom is 0.264 e. The molecule has 73 heavy (non-hydrogen) atoms. The number of aryl methyl sites for hydroxylation is 3. The first kappa shape index (κ1) is 40.2. The average molecular weight is 945 g/mol. The molecule has 0 saturated carbocycles. The van der Waals surface area contributed by atoms with Crippen molar-refractivity contribution in [1.29, 1.82) is 0 Å². The van der Waals surface area contributed by atoms with Gasteiger partial charge in [0.1, 0.15) is 0 Å². The summed E-state index contributed by atoms with van der Waals surface area (Å²) in [6.45, 7) is 6.70. The van der Waals surface area contributed by atoms with Crippen molar-refractivity contribution < 1.29 is 0 Å². The number of para-hydroxylation sites is 1. The van der Waals surface area contributed by atoms with Gasteiger partial charge in [0.05, 0.1) is 16.5 Å². The highest BCUT2D eigenvalue weighted by Crippen LogP contribution is 2.68. The zero-order valence-electron chi connectivity index (χ0n) is 40.7. The van der Waals surface area contributed by atoms with Crippen LogP contribution in [0.5, 0.6) is 0 Å². The Bertz CT molecular complexity index is 4180. The fraction of sp³-hybridized carbons (Fsp3) is 0.0725. The summed E-state index contributed by atoms with van der Waals surface area (Å²) in [6.07, 6.45) is 0. The summed E-state index contributed by atoms with van der Waals surface area (Å²) in [5.74, 6) is 0. The molecule has 0 N–H and O–H groups in total. The summed E-state index contributed by atoms with van der Waals surface area (Å²) in [4.78, 5) is 6.70. The highest BCUT2D eigenvalue weighted by molar-refractivity contribution is 7.30. The van der Waals surface area contributed by atoms with Gasteiger partial charge in [-0.05, 0) is 158 Å². The van der Waals surface area contributed by atoms with E-state index in [0.29, 0.717) is 0 Å². The van der Waals surface area contributed by atoms with Crippen LogP contribution in [0.1, 0.15) is 60.5 Å². The summed E-state index contributed by atoms with van der Waals surface area (Å²) >= 11 is 2.08. The minimum atomic E-state index is -0.483. The zero-order chi connectivity index (χ0) is 48.1. The molecule has 0 atom stereocenters. The van der Waals surface area contributed by atoms with Gasteiger partial charge in [-0.2, -0.15) is 0 Å². The van der Waals surface area contributed by atoms with Crippen molar-refractivity contribution in [3.8, 4) is 44.5 Å². The summed E-state index contributed by atoms with van der Waals surface area (Å²) in [5.41, 5.74) is 33.2. The Morgan fingerprint density at radius 3 is 1.42 bits per heavy atom. The van der Waals surface area contributed by atoms with Gasteiger partial charge in [-0.25, -0.2) is 0 Å². The zero-order valence-corrected chi connectivity index (χ0v) is 41.5. The van der Waals surface area contributed by atoms with Crippen LogP contribution in [0.25, 0.3) is 44.5 Å². The highest BCUT2D eigenvalue weighted by atomic mass is 32.1. The highest BCUT2D eigenvalue weighted by Gasteiger charge is 2.58. The fourth-order valence-corrected chi connectivity index (χ4v) is 16.6. The lowest BCUT2D eigenvalue weighted by molar-refractivity contribution is 0.794. The number of rotatable bonds is 2. The van der Waals surface area contributed by atoms with Crippen LogP contribution in [0.3, 0.4) is 0 Å². The van der Waals surface area contributed by atoms with E-state index in [4.69, 9.17) is 0 Å². The maximum atomic E-state index is 2.69. The van der Waals surface area contributed by atoms with E-state index in [1.165, 1.54) is 149 Å². The average Bonchev–Trinajstić information content (AvgIpc) is 4.21. The minimum Gasteiger partial charge on any atom is -0.311 e. The van der Waals surface area contributed by atoms with Gasteiger partial charge in [-0.15, -0.1) is 11.3 Å². The van der Waals surface area contributed by atoms with E-state index in [1.54, 1.807) is 0 Å². The van der Waals surface area contributed by atoms with Gasteiger partial charge in [-0.1, -0.05) is 187 Å². The number of nitrogens with zero attached hydrogens (tertiary/aromatic N) is 2. The number of thiophene rings is 1. The Balaban J connectivity index is 1.04. The number of benzene rings is 10. The van der Waals surface area contributed by atoms with Crippen molar-refractivity contribution >= 4 is 67.9 Å². The lowest BCUT2D eigenvalue weighted by Crippen LogP contribution is -2.60. The van der Waals surface area contributed by atoms with E-state index in [-0.39, 0.29) is 6.71 Å². The maximum absolute atomic E-state index is 2.69. The van der Waals surface area contributed by atoms with Gasteiger partial charge < -0.3 is 9.80 Å². The van der Waals surface area contributed by atoms with E-state index in [1.807, 2.05) is 0 Å². The van der Waals surface area contributed by atoms with Crippen molar-refractivity contribution in [3.63, 3.8) is 0 Å². The molecule has 4 aliphatic carbocycles. The second kappa shape index (κ2) is 13.9. The Hall–Kier alpha value is -8.44. The first-order valence-corrected chi connectivity index (χ1v) is 26.6. The van der Waals surface area contributed by atoms with Crippen molar-refractivity contribution in [1.82, 2.24) is 0 Å². The molecule has 6 aliphatic rings. The molecule has 0 unspecified atom stereocenters. The normalized spacial score (nSPS) is 15.2.